The molecule has 0 aliphatic heterocycles. The van der Waals surface area contributed by atoms with Gasteiger partial charge in [-0.2, -0.15) is 5.26 Å². The van der Waals surface area contributed by atoms with Crippen molar-refractivity contribution < 1.29 is 4.39 Å². The smallest absolute Gasteiger partial charge is 0.126 e. The fourth-order valence-corrected chi connectivity index (χ4v) is 2.01. The van der Waals surface area contributed by atoms with Gasteiger partial charge >= 0.3 is 0 Å². The lowest BCUT2D eigenvalue weighted by Gasteiger charge is -2.09. The average Bonchev–Trinajstić information content (AvgIpc) is 2.42. The van der Waals surface area contributed by atoms with Crippen molar-refractivity contribution in [2.24, 2.45) is 0 Å². The Kier molecular flexibility index (Phi) is 4.38. The van der Waals surface area contributed by atoms with Gasteiger partial charge in [-0.25, -0.2) is 4.39 Å². The molecule has 0 amide bonds. The molecule has 0 aliphatic carbocycles. The number of hydrogen-bond acceptors (Lipinski definition) is 2. The maximum Gasteiger partial charge on any atom is 0.126 e. The minimum absolute atomic E-state index is 0.199. The second-order valence-corrected chi connectivity index (χ2v) is 4.48. The fraction of sp³-hybridized carbons (Fsp3) is 0.133. The predicted molar refractivity (Wildman–Crippen MR) is 74.8 cm³/mol. The quantitative estimate of drug-likeness (QED) is 0.914. The predicted octanol–water partition coefficient (Wildman–Crippen LogP) is 4.01. The van der Waals surface area contributed by atoms with Crippen LogP contribution in [0, 0.1) is 17.1 Å². The molecule has 0 aliphatic rings. The second kappa shape index (κ2) is 6.21. The Hall–Kier alpha value is -2.05. The Morgan fingerprint density at radius 1 is 1.21 bits per heavy atom. The third-order valence-corrected chi connectivity index (χ3v) is 3.08. The van der Waals surface area contributed by atoms with Crippen molar-refractivity contribution in [1.82, 2.24) is 0 Å². The van der Waals surface area contributed by atoms with Gasteiger partial charge in [0, 0.05) is 6.54 Å². The van der Waals surface area contributed by atoms with Gasteiger partial charge in [0.05, 0.1) is 22.3 Å². The lowest BCUT2D eigenvalue weighted by Crippen LogP contribution is -2.06. The molecular weight excluding hydrogens is 263 g/mol. The zero-order valence-electron chi connectivity index (χ0n) is 10.2. The Morgan fingerprint density at radius 3 is 2.68 bits per heavy atom. The van der Waals surface area contributed by atoms with E-state index in [2.05, 4.69) is 5.32 Å². The Labute approximate surface area is 116 Å². The number of halogens is 2. The van der Waals surface area contributed by atoms with Crippen LogP contribution in [0.5, 0.6) is 0 Å². The minimum atomic E-state index is -0.199. The van der Waals surface area contributed by atoms with Crippen molar-refractivity contribution in [3.63, 3.8) is 0 Å². The molecule has 96 valence electrons. The molecule has 0 spiro atoms. The largest absolute Gasteiger partial charge is 0.384 e. The van der Waals surface area contributed by atoms with Crippen molar-refractivity contribution in [2.75, 3.05) is 11.9 Å². The molecule has 2 aromatic carbocycles. The minimum Gasteiger partial charge on any atom is -0.384 e. The van der Waals surface area contributed by atoms with Gasteiger partial charge in [0.15, 0.2) is 0 Å². The van der Waals surface area contributed by atoms with E-state index < -0.39 is 0 Å². The molecule has 1 N–H and O–H groups in total. The summed E-state index contributed by atoms with van der Waals surface area (Å²) in [4.78, 5) is 0. The van der Waals surface area contributed by atoms with Crippen LogP contribution >= 0.6 is 11.6 Å². The van der Waals surface area contributed by atoms with Crippen LogP contribution in [0.2, 0.25) is 5.02 Å². The van der Waals surface area contributed by atoms with Gasteiger partial charge in [-0.3, -0.25) is 0 Å². The average molecular weight is 275 g/mol. The summed E-state index contributed by atoms with van der Waals surface area (Å²) in [6.45, 7) is 0.576. The van der Waals surface area contributed by atoms with Crippen molar-refractivity contribution >= 4 is 17.3 Å². The van der Waals surface area contributed by atoms with Crippen molar-refractivity contribution in [3.05, 3.63) is 64.4 Å². The highest BCUT2D eigenvalue weighted by molar-refractivity contribution is 6.33. The summed E-state index contributed by atoms with van der Waals surface area (Å²) in [6.07, 6.45) is 0.572. The van der Waals surface area contributed by atoms with Gasteiger partial charge in [0.25, 0.3) is 0 Å². The number of benzene rings is 2. The number of nitriles is 1. The van der Waals surface area contributed by atoms with Gasteiger partial charge in [0.1, 0.15) is 5.82 Å². The molecule has 4 heteroatoms. The highest BCUT2D eigenvalue weighted by atomic mass is 35.5. The van der Waals surface area contributed by atoms with E-state index in [1.165, 1.54) is 6.07 Å². The Bertz CT molecular complexity index is 620. The van der Waals surface area contributed by atoms with E-state index in [0.29, 0.717) is 29.1 Å². The topological polar surface area (TPSA) is 35.8 Å². The third-order valence-electron chi connectivity index (χ3n) is 2.77. The molecule has 0 fully saturated rings. The SMILES string of the molecule is N#Cc1ccc(NCCc2ccccc2F)c(Cl)c1. The van der Waals surface area contributed by atoms with Gasteiger partial charge in [-0.15, -0.1) is 0 Å². The molecular formula is C15H12ClFN2. The first-order chi connectivity index (χ1) is 9.20. The summed E-state index contributed by atoms with van der Waals surface area (Å²) in [7, 11) is 0. The van der Waals surface area contributed by atoms with Crippen LogP contribution < -0.4 is 5.32 Å². The summed E-state index contributed by atoms with van der Waals surface area (Å²) >= 11 is 6.03. The van der Waals surface area contributed by atoms with E-state index >= 15 is 0 Å². The van der Waals surface area contributed by atoms with E-state index in [0.717, 1.165) is 5.69 Å². The van der Waals surface area contributed by atoms with Crippen molar-refractivity contribution in [1.29, 1.82) is 5.26 Å². The van der Waals surface area contributed by atoms with E-state index in [9.17, 15) is 4.39 Å². The van der Waals surface area contributed by atoms with Crippen LogP contribution in [0.1, 0.15) is 11.1 Å². The monoisotopic (exact) mass is 274 g/mol. The molecule has 0 heterocycles. The van der Waals surface area contributed by atoms with Gasteiger partial charge in [-0.05, 0) is 36.2 Å². The van der Waals surface area contributed by atoms with E-state index in [-0.39, 0.29) is 5.82 Å². The molecule has 2 aromatic rings. The summed E-state index contributed by atoms with van der Waals surface area (Å²) < 4.78 is 13.4. The normalized spacial score (nSPS) is 9.95. The molecule has 0 radical (unpaired) electrons. The van der Waals surface area contributed by atoms with Crippen molar-refractivity contribution in [2.45, 2.75) is 6.42 Å². The second-order valence-electron chi connectivity index (χ2n) is 4.07. The summed E-state index contributed by atoms with van der Waals surface area (Å²) in [6, 6.07) is 13.8. The Balaban J connectivity index is 1.97. The maximum absolute atomic E-state index is 13.4. The molecule has 19 heavy (non-hydrogen) atoms. The molecule has 0 aromatic heterocycles. The van der Waals surface area contributed by atoms with E-state index in [1.807, 2.05) is 12.1 Å². The molecule has 0 bridgehead atoms. The first-order valence-corrected chi connectivity index (χ1v) is 6.25. The maximum atomic E-state index is 13.4. The Morgan fingerprint density at radius 2 is 2.00 bits per heavy atom. The highest BCUT2D eigenvalue weighted by Crippen LogP contribution is 2.22. The molecule has 0 saturated heterocycles. The van der Waals surface area contributed by atoms with Gasteiger partial charge in [0.2, 0.25) is 0 Å². The van der Waals surface area contributed by atoms with E-state index in [1.54, 1.807) is 30.3 Å². The van der Waals surface area contributed by atoms with Crippen LogP contribution in [0.25, 0.3) is 0 Å². The number of rotatable bonds is 4. The number of hydrogen-bond donors (Lipinski definition) is 1. The molecule has 2 nitrogen and oxygen atoms in total. The molecule has 0 saturated carbocycles. The van der Waals surface area contributed by atoms with Crippen LogP contribution in [-0.4, -0.2) is 6.54 Å². The molecule has 0 atom stereocenters. The highest BCUT2D eigenvalue weighted by Gasteiger charge is 2.03. The van der Waals surface area contributed by atoms with Gasteiger partial charge in [-0.1, -0.05) is 29.8 Å². The number of nitrogens with zero attached hydrogens (tertiary/aromatic N) is 1. The van der Waals surface area contributed by atoms with Crippen LogP contribution in [-0.2, 0) is 6.42 Å². The first kappa shape index (κ1) is 13.4. The third kappa shape index (κ3) is 3.46. The van der Waals surface area contributed by atoms with Crippen molar-refractivity contribution in [3.8, 4) is 6.07 Å². The summed E-state index contributed by atoms with van der Waals surface area (Å²) in [5.74, 6) is -0.199. The lowest BCUT2D eigenvalue weighted by molar-refractivity contribution is 0.610. The first-order valence-electron chi connectivity index (χ1n) is 5.87. The van der Waals surface area contributed by atoms with Crippen LogP contribution in [0.4, 0.5) is 10.1 Å². The fourth-order valence-electron chi connectivity index (χ4n) is 1.76. The molecule has 2 rings (SSSR count). The standard InChI is InChI=1S/C15H12ClFN2/c16-13-9-11(10-18)5-6-15(13)19-8-7-12-3-1-2-4-14(12)17/h1-6,9,19H,7-8H2. The molecule has 0 unspecified atom stereocenters. The summed E-state index contributed by atoms with van der Waals surface area (Å²) in [5.41, 5.74) is 1.93. The zero-order valence-corrected chi connectivity index (χ0v) is 10.9. The van der Waals surface area contributed by atoms with Crippen LogP contribution in [0.15, 0.2) is 42.5 Å². The van der Waals surface area contributed by atoms with E-state index in [4.69, 9.17) is 16.9 Å². The summed E-state index contributed by atoms with van der Waals surface area (Å²) in [5, 5.41) is 12.4. The zero-order chi connectivity index (χ0) is 13.7. The van der Waals surface area contributed by atoms with Crippen LogP contribution in [0.3, 0.4) is 0 Å². The lowest BCUT2D eigenvalue weighted by atomic mass is 10.1. The number of nitrogens with one attached hydrogen (secondary N) is 1. The number of anilines is 1. The van der Waals surface area contributed by atoms with Gasteiger partial charge < -0.3 is 5.32 Å².